The summed E-state index contributed by atoms with van der Waals surface area (Å²) >= 11 is 13.4. The number of aryl methyl sites for hydroxylation is 1. The number of nitrogens with zero attached hydrogens (tertiary/aromatic N) is 1. The molecule has 0 radical (unpaired) electrons. The highest BCUT2D eigenvalue weighted by Gasteiger charge is 2.41. The van der Waals surface area contributed by atoms with Crippen LogP contribution in [0.15, 0.2) is 41.3 Å². The topological polar surface area (TPSA) is 72.9 Å². The number of ether oxygens (including phenoxy) is 2. The Morgan fingerprint density at radius 3 is 2.48 bits per heavy atom. The van der Waals surface area contributed by atoms with Crippen LogP contribution in [0, 0.1) is 6.92 Å². The summed E-state index contributed by atoms with van der Waals surface area (Å²) in [6, 6.07) is 10.0. The molecule has 1 fully saturated rings. The molecule has 0 N–H and O–H groups in total. The fourth-order valence-corrected chi connectivity index (χ4v) is 4.52. The number of hydrogen-bond acceptors (Lipinski definition) is 6. The number of thioether (sulfide) groups is 1. The lowest BCUT2D eigenvalue weighted by molar-refractivity contribution is -0.148. The van der Waals surface area contributed by atoms with Gasteiger partial charge in [-0.2, -0.15) is 0 Å². The number of methoxy groups -OCH3 is 1. The predicted molar refractivity (Wildman–Crippen MR) is 121 cm³/mol. The fourth-order valence-electron chi connectivity index (χ4n) is 3.00. The highest BCUT2D eigenvalue weighted by molar-refractivity contribution is 8.18. The summed E-state index contributed by atoms with van der Waals surface area (Å²) in [6.45, 7) is 3.72. The van der Waals surface area contributed by atoms with Gasteiger partial charge in [-0.1, -0.05) is 53.0 Å². The van der Waals surface area contributed by atoms with Crippen molar-refractivity contribution in [3.63, 3.8) is 0 Å². The van der Waals surface area contributed by atoms with E-state index in [2.05, 4.69) is 4.74 Å². The lowest BCUT2D eigenvalue weighted by Gasteiger charge is -2.18. The molecule has 3 rings (SSSR count). The van der Waals surface area contributed by atoms with Gasteiger partial charge in [-0.3, -0.25) is 14.5 Å². The molecular weight excluding hydrogens is 461 g/mol. The minimum absolute atomic E-state index is 0.154. The monoisotopic (exact) mass is 479 g/mol. The third kappa shape index (κ3) is 5.23. The number of rotatable bonds is 6. The van der Waals surface area contributed by atoms with Crippen LogP contribution in [-0.2, 0) is 20.9 Å². The molecular formula is C22H19Cl2NO5S. The van der Waals surface area contributed by atoms with Crippen LogP contribution in [0.3, 0.4) is 0 Å². The number of carbonyl (C=O) groups is 3. The van der Waals surface area contributed by atoms with Crippen LogP contribution in [0.5, 0.6) is 5.75 Å². The summed E-state index contributed by atoms with van der Waals surface area (Å²) in [5.74, 6) is -0.931. The average Bonchev–Trinajstić information content (AvgIpc) is 2.99. The van der Waals surface area contributed by atoms with Crippen LogP contribution >= 0.6 is 35.0 Å². The van der Waals surface area contributed by atoms with Gasteiger partial charge >= 0.3 is 5.97 Å². The molecule has 162 valence electrons. The third-order valence-corrected chi connectivity index (χ3v) is 5.98. The van der Waals surface area contributed by atoms with Crippen molar-refractivity contribution in [3.8, 4) is 5.75 Å². The summed E-state index contributed by atoms with van der Waals surface area (Å²) in [5, 5.41) is -0.00780. The van der Waals surface area contributed by atoms with Gasteiger partial charge in [0.2, 0.25) is 0 Å². The van der Waals surface area contributed by atoms with Crippen LogP contribution in [0.25, 0.3) is 6.08 Å². The number of carbonyl (C=O) groups excluding carboxylic acids is 3. The van der Waals surface area contributed by atoms with Crippen LogP contribution in [0.4, 0.5) is 4.79 Å². The van der Waals surface area contributed by atoms with E-state index in [4.69, 9.17) is 27.9 Å². The zero-order valence-corrected chi connectivity index (χ0v) is 19.3. The molecule has 0 spiro atoms. The number of esters is 1. The molecule has 1 aliphatic rings. The Labute approximate surface area is 194 Å². The number of hydrogen-bond donors (Lipinski definition) is 0. The van der Waals surface area contributed by atoms with Crippen LogP contribution in [0.2, 0.25) is 10.0 Å². The van der Waals surface area contributed by atoms with Gasteiger partial charge < -0.3 is 9.47 Å². The number of halogens is 2. The summed E-state index contributed by atoms with van der Waals surface area (Å²) in [4.78, 5) is 37.6. The first kappa shape index (κ1) is 23.2. The maximum Gasteiger partial charge on any atom is 0.328 e. The van der Waals surface area contributed by atoms with Crippen molar-refractivity contribution >= 4 is 58.2 Å². The summed E-state index contributed by atoms with van der Waals surface area (Å²) in [5.41, 5.74) is 2.61. The first-order valence-electron chi connectivity index (χ1n) is 9.23. The van der Waals surface area contributed by atoms with Gasteiger partial charge in [0.05, 0.1) is 22.1 Å². The second kappa shape index (κ2) is 9.77. The maximum absolute atomic E-state index is 12.6. The molecule has 1 heterocycles. The summed E-state index contributed by atoms with van der Waals surface area (Å²) in [7, 11) is 1.19. The predicted octanol–water partition coefficient (Wildman–Crippen LogP) is 5.48. The SMILES string of the molecule is COC(=O)[C@H](C)N1C(=O)S/C(=C/c2cc(Cl)c(OCc3cccc(C)c3)c(Cl)c2)C1=O. The second-order valence-electron chi connectivity index (χ2n) is 6.84. The molecule has 0 aliphatic carbocycles. The van der Waals surface area contributed by atoms with E-state index in [0.717, 1.165) is 27.8 Å². The Morgan fingerprint density at radius 1 is 1.19 bits per heavy atom. The van der Waals surface area contributed by atoms with Crippen molar-refractivity contribution in [1.82, 2.24) is 4.90 Å². The summed E-state index contributed by atoms with van der Waals surface area (Å²) in [6.07, 6.45) is 1.50. The van der Waals surface area contributed by atoms with E-state index in [1.807, 2.05) is 31.2 Å². The van der Waals surface area contributed by atoms with Crippen molar-refractivity contribution in [2.45, 2.75) is 26.5 Å². The smallest absolute Gasteiger partial charge is 0.328 e. The van der Waals surface area contributed by atoms with E-state index in [-0.39, 0.29) is 15.0 Å². The van der Waals surface area contributed by atoms with E-state index in [1.54, 1.807) is 12.1 Å². The zero-order valence-electron chi connectivity index (χ0n) is 17.0. The normalized spacial score (nSPS) is 16.0. The van der Waals surface area contributed by atoms with Crippen molar-refractivity contribution in [2.24, 2.45) is 0 Å². The Bertz CT molecular complexity index is 1060. The summed E-state index contributed by atoms with van der Waals surface area (Å²) < 4.78 is 10.4. The Balaban J connectivity index is 1.79. The van der Waals surface area contributed by atoms with E-state index in [1.165, 1.54) is 20.1 Å². The van der Waals surface area contributed by atoms with Gasteiger partial charge in [0.15, 0.2) is 5.75 Å². The lowest BCUT2D eigenvalue weighted by Crippen LogP contribution is -2.42. The molecule has 0 aromatic heterocycles. The van der Waals surface area contributed by atoms with Crippen LogP contribution < -0.4 is 4.74 Å². The molecule has 1 aliphatic heterocycles. The number of amides is 2. The van der Waals surface area contributed by atoms with Crippen LogP contribution in [0.1, 0.15) is 23.6 Å². The van der Waals surface area contributed by atoms with Gasteiger partial charge in [-0.25, -0.2) is 4.79 Å². The molecule has 0 bridgehead atoms. The largest absolute Gasteiger partial charge is 0.486 e. The molecule has 0 unspecified atom stereocenters. The highest BCUT2D eigenvalue weighted by Crippen LogP contribution is 2.38. The first-order chi connectivity index (χ1) is 14.7. The van der Waals surface area contributed by atoms with E-state index >= 15 is 0 Å². The molecule has 9 heteroatoms. The standard InChI is InChI=1S/C22H19Cl2NO5S/c1-12-5-4-6-14(7-12)11-30-19-16(23)8-15(9-17(19)24)10-18-20(26)25(22(28)31-18)13(2)21(27)29-3/h4-10,13H,11H2,1-3H3/b18-10+/t13-/m0/s1. The lowest BCUT2D eigenvalue weighted by atomic mass is 10.1. The minimum atomic E-state index is -1.02. The molecule has 1 saturated heterocycles. The quantitative estimate of drug-likeness (QED) is 0.403. The Morgan fingerprint density at radius 2 is 1.87 bits per heavy atom. The van der Waals surface area contributed by atoms with E-state index in [9.17, 15) is 14.4 Å². The molecule has 6 nitrogen and oxygen atoms in total. The minimum Gasteiger partial charge on any atom is -0.486 e. The number of benzene rings is 2. The van der Waals surface area contributed by atoms with Crippen LogP contribution in [-0.4, -0.2) is 35.2 Å². The van der Waals surface area contributed by atoms with Crippen molar-refractivity contribution in [3.05, 3.63) is 68.0 Å². The van der Waals surface area contributed by atoms with Gasteiger partial charge in [0.1, 0.15) is 12.6 Å². The Kier molecular flexibility index (Phi) is 7.30. The van der Waals surface area contributed by atoms with E-state index < -0.39 is 23.2 Å². The molecule has 2 amide bonds. The molecule has 31 heavy (non-hydrogen) atoms. The van der Waals surface area contributed by atoms with Gasteiger partial charge in [-0.15, -0.1) is 0 Å². The zero-order chi connectivity index (χ0) is 22.7. The van der Waals surface area contributed by atoms with Crippen molar-refractivity contribution < 1.29 is 23.9 Å². The second-order valence-corrected chi connectivity index (χ2v) is 8.65. The van der Waals surface area contributed by atoms with E-state index in [0.29, 0.717) is 17.9 Å². The fraction of sp³-hybridized carbons (Fsp3) is 0.227. The molecule has 2 aromatic carbocycles. The molecule has 0 saturated carbocycles. The highest BCUT2D eigenvalue weighted by atomic mass is 35.5. The van der Waals surface area contributed by atoms with Gasteiger partial charge in [0, 0.05) is 0 Å². The third-order valence-electron chi connectivity index (χ3n) is 4.54. The van der Waals surface area contributed by atoms with Crippen molar-refractivity contribution in [1.29, 1.82) is 0 Å². The average molecular weight is 480 g/mol. The Hall–Kier alpha value is -2.48. The first-order valence-corrected chi connectivity index (χ1v) is 10.8. The van der Waals surface area contributed by atoms with Gasteiger partial charge in [-0.05, 0) is 54.9 Å². The number of imide groups is 1. The maximum atomic E-state index is 12.6. The van der Waals surface area contributed by atoms with Crippen molar-refractivity contribution in [2.75, 3.05) is 7.11 Å². The molecule has 2 aromatic rings. The molecule has 1 atom stereocenters. The van der Waals surface area contributed by atoms with Gasteiger partial charge in [0.25, 0.3) is 11.1 Å².